The molecule has 1 amide bonds. The van der Waals surface area contributed by atoms with E-state index in [1.165, 1.54) is 6.07 Å². The van der Waals surface area contributed by atoms with Crippen molar-refractivity contribution in [1.82, 2.24) is 25.6 Å². The van der Waals surface area contributed by atoms with Gasteiger partial charge in [-0.15, -0.1) is 5.53 Å². The maximum Gasteiger partial charge on any atom is 0.417 e. The number of likely N-dealkylation sites (N-methyl/N-ethyl adjacent to an activating group) is 1. The van der Waals surface area contributed by atoms with E-state index < -0.39 is 22.7 Å². The van der Waals surface area contributed by atoms with Crippen molar-refractivity contribution in [3.05, 3.63) is 75.7 Å². The third-order valence-electron chi connectivity index (χ3n) is 7.50. The van der Waals surface area contributed by atoms with Crippen LogP contribution in [0.5, 0.6) is 0 Å². The average molecular weight is 589 g/mol. The topological polar surface area (TPSA) is 80.7 Å². The lowest BCUT2D eigenvalue weighted by atomic mass is 10.1. The zero-order valence-electron chi connectivity index (χ0n) is 23.2. The number of rotatable bonds is 5. The van der Waals surface area contributed by atoms with E-state index in [9.17, 15) is 18.0 Å². The third-order valence-corrected chi connectivity index (χ3v) is 7.90. The number of aryl methyl sites for hydroxylation is 2. The minimum Gasteiger partial charge on any atom is -0.369 e. The highest BCUT2D eigenvalue weighted by molar-refractivity contribution is 6.34. The van der Waals surface area contributed by atoms with Crippen molar-refractivity contribution in [3.8, 4) is 0 Å². The molecule has 2 aromatic carbocycles. The SMILES string of the molecule is Cc1ccc(NC(=O)c2cc(N3CCCN(C)CC3)c(Cl)c(C(F)(F)F)c2)cc1N1C=C(c2cnn(C)c2C)NN1. The van der Waals surface area contributed by atoms with Gasteiger partial charge in [-0.1, -0.05) is 17.7 Å². The summed E-state index contributed by atoms with van der Waals surface area (Å²) in [5, 5.41) is 8.42. The van der Waals surface area contributed by atoms with Crippen molar-refractivity contribution < 1.29 is 18.0 Å². The number of benzene rings is 2. The predicted molar refractivity (Wildman–Crippen MR) is 155 cm³/mol. The fourth-order valence-corrected chi connectivity index (χ4v) is 5.29. The number of hydrogen-bond acceptors (Lipinski definition) is 7. The van der Waals surface area contributed by atoms with E-state index in [4.69, 9.17) is 11.6 Å². The summed E-state index contributed by atoms with van der Waals surface area (Å²) < 4.78 is 43.7. The second-order valence-electron chi connectivity index (χ2n) is 10.4. The molecule has 0 bridgehead atoms. The highest BCUT2D eigenvalue weighted by Crippen LogP contribution is 2.41. The van der Waals surface area contributed by atoms with E-state index in [-0.39, 0.29) is 11.3 Å². The lowest BCUT2D eigenvalue weighted by Crippen LogP contribution is -2.36. The zero-order valence-corrected chi connectivity index (χ0v) is 24.0. The Morgan fingerprint density at radius 2 is 1.83 bits per heavy atom. The highest BCUT2D eigenvalue weighted by atomic mass is 35.5. The summed E-state index contributed by atoms with van der Waals surface area (Å²) in [6.45, 7) is 6.44. The molecule has 2 aliphatic heterocycles. The summed E-state index contributed by atoms with van der Waals surface area (Å²) in [5.74, 6) is -0.662. The number of amides is 1. The average Bonchev–Trinajstić information content (AvgIpc) is 3.46. The minimum atomic E-state index is -4.72. The molecular weight excluding hydrogens is 557 g/mol. The molecule has 0 saturated carbocycles. The summed E-state index contributed by atoms with van der Waals surface area (Å²) >= 11 is 6.30. The van der Waals surface area contributed by atoms with Crippen molar-refractivity contribution in [2.24, 2.45) is 7.05 Å². The molecule has 3 heterocycles. The number of carbonyl (C=O) groups excluding carboxylic acids is 1. The van der Waals surface area contributed by atoms with Gasteiger partial charge < -0.3 is 20.5 Å². The van der Waals surface area contributed by atoms with Crippen molar-refractivity contribution in [2.75, 3.05) is 48.5 Å². The number of alkyl halides is 3. The molecule has 1 saturated heterocycles. The van der Waals surface area contributed by atoms with E-state index in [1.54, 1.807) is 28.0 Å². The molecular formula is C28H32ClF3N8O. The second-order valence-corrected chi connectivity index (χ2v) is 10.7. The van der Waals surface area contributed by atoms with Crippen LogP contribution in [-0.4, -0.2) is 53.8 Å². The van der Waals surface area contributed by atoms with Crippen LogP contribution in [0.3, 0.4) is 0 Å². The molecule has 2 aliphatic rings. The molecule has 5 rings (SSSR count). The Bertz CT molecular complexity index is 1500. The maximum absolute atomic E-state index is 14.0. The van der Waals surface area contributed by atoms with Gasteiger partial charge >= 0.3 is 6.18 Å². The smallest absolute Gasteiger partial charge is 0.369 e. The maximum atomic E-state index is 14.0. The Morgan fingerprint density at radius 3 is 2.54 bits per heavy atom. The van der Waals surface area contributed by atoms with E-state index in [0.29, 0.717) is 25.3 Å². The number of hydrogen-bond donors (Lipinski definition) is 3. The number of nitrogens with one attached hydrogen (secondary N) is 3. The van der Waals surface area contributed by atoms with Gasteiger partial charge in [-0.25, -0.2) is 0 Å². The Balaban J connectivity index is 1.42. The molecule has 41 heavy (non-hydrogen) atoms. The lowest BCUT2D eigenvalue weighted by Gasteiger charge is -2.26. The number of anilines is 3. The van der Waals surface area contributed by atoms with Crippen LogP contribution >= 0.6 is 11.6 Å². The van der Waals surface area contributed by atoms with Crippen LogP contribution in [0.15, 0.2) is 42.7 Å². The van der Waals surface area contributed by atoms with Crippen LogP contribution in [0.1, 0.15) is 39.2 Å². The van der Waals surface area contributed by atoms with Gasteiger partial charge in [0.1, 0.15) is 0 Å². The number of hydrazine groups is 2. The van der Waals surface area contributed by atoms with Gasteiger partial charge in [0.05, 0.1) is 33.9 Å². The molecule has 3 N–H and O–H groups in total. The Morgan fingerprint density at radius 1 is 1.05 bits per heavy atom. The Kier molecular flexibility index (Phi) is 7.91. The van der Waals surface area contributed by atoms with Crippen molar-refractivity contribution >= 4 is 40.3 Å². The Labute approximate surface area is 241 Å². The van der Waals surface area contributed by atoms with Crippen molar-refractivity contribution in [3.63, 3.8) is 0 Å². The largest absolute Gasteiger partial charge is 0.417 e. The monoisotopic (exact) mass is 588 g/mol. The molecule has 218 valence electrons. The van der Waals surface area contributed by atoms with Crippen LogP contribution in [0, 0.1) is 13.8 Å². The van der Waals surface area contributed by atoms with Crippen LogP contribution in [0.25, 0.3) is 5.70 Å². The summed E-state index contributed by atoms with van der Waals surface area (Å²) in [5.41, 5.74) is 10.1. The summed E-state index contributed by atoms with van der Waals surface area (Å²) in [7, 11) is 3.83. The van der Waals surface area contributed by atoms with E-state index >= 15 is 0 Å². The van der Waals surface area contributed by atoms with Crippen LogP contribution in [0.2, 0.25) is 5.02 Å². The normalized spacial score (nSPS) is 16.4. The molecule has 3 aromatic rings. The van der Waals surface area contributed by atoms with Crippen molar-refractivity contribution in [2.45, 2.75) is 26.4 Å². The van der Waals surface area contributed by atoms with Crippen LogP contribution in [0.4, 0.5) is 30.2 Å². The summed E-state index contributed by atoms with van der Waals surface area (Å²) in [6, 6.07) is 7.56. The van der Waals surface area contributed by atoms with Crippen molar-refractivity contribution in [1.29, 1.82) is 0 Å². The number of aromatic nitrogens is 2. The molecule has 0 atom stereocenters. The van der Waals surface area contributed by atoms with Gasteiger partial charge in [0.2, 0.25) is 0 Å². The number of carbonyl (C=O) groups is 1. The lowest BCUT2D eigenvalue weighted by molar-refractivity contribution is -0.137. The molecule has 13 heteroatoms. The van der Waals surface area contributed by atoms with Crippen LogP contribution < -0.4 is 26.2 Å². The van der Waals surface area contributed by atoms with Gasteiger partial charge in [0.15, 0.2) is 0 Å². The van der Waals surface area contributed by atoms with Gasteiger partial charge in [-0.3, -0.25) is 14.5 Å². The van der Waals surface area contributed by atoms with E-state index in [1.807, 2.05) is 45.1 Å². The number of nitrogens with zero attached hydrogens (tertiary/aromatic N) is 5. The van der Waals surface area contributed by atoms with Gasteiger partial charge in [-0.2, -0.15) is 18.3 Å². The minimum absolute atomic E-state index is 0.119. The molecule has 0 radical (unpaired) electrons. The fourth-order valence-electron chi connectivity index (χ4n) is 4.96. The van der Waals surface area contributed by atoms with Gasteiger partial charge in [0.25, 0.3) is 5.91 Å². The van der Waals surface area contributed by atoms with Gasteiger partial charge in [-0.05, 0) is 63.7 Å². The Hall–Kier alpha value is -3.74. The van der Waals surface area contributed by atoms with E-state index in [2.05, 4.69) is 26.3 Å². The highest BCUT2D eigenvalue weighted by Gasteiger charge is 2.36. The third kappa shape index (κ3) is 5.99. The quantitative estimate of drug-likeness (QED) is 0.390. The summed E-state index contributed by atoms with van der Waals surface area (Å²) in [6.07, 6.45) is -0.306. The zero-order chi connectivity index (χ0) is 29.5. The first-order chi connectivity index (χ1) is 19.4. The number of halogens is 4. The molecule has 9 nitrogen and oxygen atoms in total. The molecule has 0 spiro atoms. The molecule has 1 aromatic heterocycles. The first-order valence-corrected chi connectivity index (χ1v) is 13.6. The molecule has 1 fully saturated rings. The predicted octanol–water partition coefficient (Wildman–Crippen LogP) is 4.93. The first kappa shape index (κ1) is 28.8. The second kappa shape index (κ2) is 11.3. The molecule has 0 aliphatic carbocycles. The molecule has 0 unspecified atom stereocenters. The fraction of sp³-hybridized carbons (Fsp3) is 0.357. The van der Waals surface area contributed by atoms with Gasteiger partial charge in [0, 0.05) is 55.4 Å². The first-order valence-electron chi connectivity index (χ1n) is 13.2. The van der Waals surface area contributed by atoms with E-state index in [0.717, 1.165) is 47.2 Å². The standard InChI is InChI=1S/C28H32ClF3N8O/c1-17-6-7-20(14-24(17)40-16-23(35-36-40)21-15-33-38(4)18(21)2)34-27(41)19-12-22(28(30,31)32)26(29)25(13-19)39-9-5-8-37(3)10-11-39/h6-7,12-16,35-36H,5,8-11H2,1-4H3,(H,34,41). The summed E-state index contributed by atoms with van der Waals surface area (Å²) in [4.78, 5) is 17.3. The van der Waals surface area contributed by atoms with Crippen LogP contribution in [-0.2, 0) is 13.2 Å².